The lowest BCUT2D eigenvalue weighted by molar-refractivity contribution is 0.526. The highest BCUT2D eigenvalue weighted by Gasteiger charge is 2.15. The van der Waals surface area contributed by atoms with Crippen LogP contribution in [0.1, 0.15) is 17.1 Å². The molecule has 0 unspecified atom stereocenters. The van der Waals surface area contributed by atoms with Gasteiger partial charge >= 0.3 is 10.2 Å². The number of pyridine rings is 2. The van der Waals surface area contributed by atoms with Crippen LogP contribution in [0.2, 0.25) is 0 Å². The Bertz CT molecular complexity index is 1040. The fraction of sp³-hybridized carbons (Fsp3) is 0.222. The van der Waals surface area contributed by atoms with Crippen LogP contribution in [0.4, 0.5) is 5.69 Å². The highest BCUT2D eigenvalue weighted by Crippen LogP contribution is 2.25. The monoisotopic (exact) mass is 384 g/mol. The fourth-order valence-corrected chi connectivity index (χ4v) is 3.05. The molecule has 27 heavy (non-hydrogen) atoms. The smallest absolute Gasteiger partial charge is 0.269 e. The lowest BCUT2D eigenvalue weighted by atomic mass is 10.1. The van der Waals surface area contributed by atoms with Gasteiger partial charge in [0.2, 0.25) is 0 Å². The summed E-state index contributed by atoms with van der Waals surface area (Å²) in [5.74, 6) is 0. The maximum absolute atomic E-state index is 12.1. The molecule has 1 N–H and O–H groups in total. The average Bonchev–Trinajstić information content (AvgIpc) is 2.64. The molecule has 0 aliphatic rings. The van der Waals surface area contributed by atoms with Crippen LogP contribution in [0.25, 0.3) is 11.1 Å². The van der Waals surface area contributed by atoms with Crippen molar-refractivity contribution < 1.29 is 8.42 Å². The van der Waals surface area contributed by atoms with E-state index in [4.69, 9.17) is 0 Å². The van der Waals surface area contributed by atoms with Crippen molar-refractivity contribution in [3.05, 3.63) is 66.3 Å². The SMILES string of the molecule is Cc1ncc(-c2ccnc(Cc3ccncn3)c2)cc1NS(=O)(=O)N(C)C. The minimum atomic E-state index is -3.60. The van der Waals surface area contributed by atoms with Crippen LogP contribution < -0.4 is 4.72 Å². The van der Waals surface area contributed by atoms with Crippen LogP contribution in [0.3, 0.4) is 0 Å². The van der Waals surface area contributed by atoms with Crippen molar-refractivity contribution in [2.45, 2.75) is 13.3 Å². The molecular formula is C18H20N6O2S. The third kappa shape index (κ3) is 4.63. The molecule has 0 saturated carbocycles. The van der Waals surface area contributed by atoms with Crippen LogP contribution in [0, 0.1) is 6.92 Å². The van der Waals surface area contributed by atoms with Gasteiger partial charge in [0.05, 0.1) is 11.4 Å². The zero-order chi connectivity index (χ0) is 19.4. The molecule has 9 heteroatoms. The molecule has 0 aromatic carbocycles. The van der Waals surface area contributed by atoms with E-state index < -0.39 is 10.2 Å². The van der Waals surface area contributed by atoms with Gasteiger partial charge in [0.15, 0.2) is 0 Å². The number of hydrogen-bond acceptors (Lipinski definition) is 6. The van der Waals surface area contributed by atoms with Crippen molar-refractivity contribution in [2.24, 2.45) is 0 Å². The van der Waals surface area contributed by atoms with Gasteiger partial charge in [0, 0.05) is 56.1 Å². The molecule has 0 atom stereocenters. The standard InChI is InChI=1S/C18H20N6O2S/c1-13-18(23-27(25,26)24(2)3)9-15(11-21-13)14-4-7-20-17(8-14)10-16-5-6-19-12-22-16/h4-9,11-12,23H,10H2,1-3H3. The molecule has 3 aromatic heterocycles. The predicted octanol–water partition coefficient (Wildman–Crippen LogP) is 2.05. The minimum absolute atomic E-state index is 0.440. The van der Waals surface area contributed by atoms with Gasteiger partial charge in [-0.25, -0.2) is 9.97 Å². The van der Waals surface area contributed by atoms with Crippen molar-refractivity contribution >= 4 is 15.9 Å². The van der Waals surface area contributed by atoms with Crippen LogP contribution in [-0.2, 0) is 16.6 Å². The van der Waals surface area contributed by atoms with Gasteiger partial charge in [0.25, 0.3) is 0 Å². The molecule has 0 saturated heterocycles. The van der Waals surface area contributed by atoms with Gasteiger partial charge in [-0.3, -0.25) is 14.7 Å². The third-order valence-electron chi connectivity index (χ3n) is 3.96. The lowest BCUT2D eigenvalue weighted by Gasteiger charge is -2.15. The molecule has 3 heterocycles. The summed E-state index contributed by atoms with van der Waals surface area (Å²) in [6.45, 7) is 1.75. The predicted molar refractivity (Wildman–Crippen MR) is 103 cm³/mol. The molecule has 3 aromatic rings. The van der Waals surface area contributed by atoms with Crippen molar-refractivity contribution in [2.75, 3.05) is 18.8 Å². The molecular weight excluding hydrogens is 364 g/mol. The first-order chi connectivity index (χ1) is 12.8. The Morgan fingerprint density at radius 3 is 2.52 bits per heavy atom. The Labute approximate surface area is 158 Å². The molecule has 0 spiro atoms. The van der Waals surface area contributed by atoms with E-state index in [1.807, 2.05) is 18.2 Å². The number of aromatic nitrogens is 4. The van der Waals surface area contributed by atoms with Crippen molar-refractivity contribution in [3.8, 4) is 11.1 Å². The largest absolute Gasteiger partial charge is 0.301 e. The van der Waals surface area contributed by atoms with Gasteiger partial charge in [0.1, 0.15) is 6.33 Å². The molecule has 0 amide bonds. The Kier molecular flexibility index (Phi) is 5.43. The van der Waals surface area contributed by atoms with E-state index in [0.29, 0.717) is 17.8 Å². The fourth-order valence-electron chi connectivity index (χ4n) is 2.39. The highest BCUT2D eigenvalue weighted by atomic mass is 32.2. The number of nitrogens with one attached hydrogen (secondary N) is 1. The van der Waals surface area contributed by atoms with Crippen LogP contribution in [-0.4, -0.2) is 46.8 Å². The van der Waals surface area contributed by atoms with Gasteiger partial charge in [-0.15, -0.1) is 0 Å². The molecule has 8 nitrogen and oxygen atoms in total. The second-order valence-corrected chi connectivity index (χ2v) is 8.04. The second-order valence-electron chi connectivity index (χ2n) is 6.16. The van der Waals surface area contributed by atoms with Gasteiger partial charge in [-0.05, 0) is 36.8 Å². The van der Waals surface area contributed by atoms with E-state index in [1.54, 1.807) is 31.6 Å². The Hall–Kier alpha value is -2.91. The van der Waals surface area contributed by atoms with E-state index in [2.05, 4.69) is 24.7 Å². The maximum Gasteiger partial charge on any atom is 0.301 e. The first kappa shape index (κ1) is 18.9. The minimum Gasteiger partial charge on any atom is -0.269 e. The molecule has 0 aliphatic heterocycles. The Balaban J connectivity index is 1.91. The number of aryl methyl sites for hydroxylation is 1. The van der Waals surface area contributed by atoms with E-state index in [-0.39, 0.29) is 0 Å². The van der Waals surface area contributed by atoms with Gasteiger partial charge < -0.3 is 0 Å². The van der Waals surface area contributed by atoms with E-state index in [9.17, 15) is 8.42 Å². The lowest BCUT2D eigenvalue weighted by Crippen LogP contribution is -2.29. The zero-order valence-electron chi connectivity index (χ0n) is 15.3. The molecule has 140 valence electrons. The summed E-state index contributed by atoms with van der Waals surface area (Å²) in [6.07, 6.45) is 7.21. The first-order valence-electron chi connectivity index (χ1n) is 8.22. The summed E-state index contributed by atoms with van der Waals surface area (Å²) in [5, 5.41) is 0. The van der Waals surface area contributed by atoms with Crippen molar-refractivity contribution in [1.82, 2.24) is 24.2 Å². The normalized spacial score (nSPS) is 11.6. The summed E-state index contributed by atoms with van der Waals surface area (Å²) >= 11 is 0. The molecule has 0 aliphatic carbocycles. The topological polar surface area (TPSA) is 101 Å². The molecule has 0 fully saturated rings. The van der Waals surface area contributed by atoms with E-state index in [1.165, 1.54) is 20.4 Å². The van der Waals surface area contributed by atoms with Crippen LogP contribution >= 0.6 is 0 Å². The Morgan fingerprint density at radius 2 is 1.81 bits per heavy atom. The number of nitrogens with zero attached hydrogens (tertiary/aromatic N) is 5. The second kappa shape index (κ2) is 7.77. The highest BCUT2D eigenvalue weighted by molar-refractivity contribution is 7.90. The molecule has 3 rings (SSSR count). The number of rotatable bonds is 6. The summed E-state index contributed by atoms with van der Waals surface area (Å²) in [7, 11) is -0.666. The molecule has 0 radical (unpaired) electrons. The average molecular weight is 384 g/mol. The van der Waals surface area contributed by atoms with Crippen molar-refractivity contribution in [1.29, 1.82) is 0 Å². The number of hydrogen-bond donors (Lipinski definition) is 1. The van der Waals surface area contributed by atoms with Crippen LogP contribution in [0.5, 0.6) is 0 Å². The van der Waals surface area contributed by atoms with Gasteiger partial charge in [-0.1, -0.05) is 0 Å². The third-order valence-corrected chi connectivity index (χ3v) is 5.40. The van der Waals surface area contributed by atoms with Crippen molar-refractivity contribution in [3.63, 3.8) is 0 Å². The van der Waals surface area contributed by atoms with Crippen LogP contribution in [0.15, 0.2) is 49.2 Å². The van der Waals surface area contributed by atoms with E-state index >= 15 is 0 Å². The first-order valence-corrected chi connectivity index (χ1v) is 9.66. The van der Waals surface area contributed by atoms with E-state index in [0.717, 1.165) is 26.8 Å². The summed E-state index contributed by atoms with van der Waals surface area (Å²) < 4.78 is 27.9. The molecule has 0 bridgehead atoms. The summed E-state index contributed by atoms with van der Waals surface area (Å²) in [4.78, 5) is 16.8. The quantitative estimate of drug-likeness (QED) is 0.698. The van der Waals surface area contributed by atoms with Gasteiger partial charge in [-0.2, -0.15) is 12.7 Å². The Morgan fingerprint density at radius 1 is 1.00 bits per heavy atom. The summed E-state index contributed by atoms with van der Waals surface area (Å²) in [5.41, 5.74) is 4.45. The zero-order valence-corrected chi connectivity index (χ0v) is 16.1. The number of anilines is 1. The summed E-state index contributed by atoms with van der Waals surface area (Å²) in [6, 6.07) is 7.42. The maximum atomic E-state index is 12.1.